The van der Waals surface area contributed by atoms with E-state index in [-0.39, 0.29) is 33.8 Å². The summed E-state index contributed by atoms with van der Waals surface area (Å²) in [5.74, 6) is -0.453. The molecular formula is C31H36ClF6N7O2. The van der Waals surface area contributed by atoms with Crippen LogP contribution in [0.2, 0.25) is 5.02 Å². The van der Waals surface area contributed by atoms with Gasteiger partial charge in [-0.2, -0.15) is 31.3 Å². The van der Waals surface area contributed by atoms with Gasteiger partial charge in [-0.1, -0.05) is 23.7 Å². The van der Waals surface area contributed by atoms with Crippen LogP contribution in [0.4, 0.5) is 32.3 Å². The van der Waals surface area contributed by atoms with Crippen LogP contribution in [-0.4, -0.2) is 104 Å². The normalized spacial score (nSPS) is 16.3. The first-order chi connectivity index (χ1) is 22.1. The fourth-order valence-corrected chi connectivity index (χ4v) is 4.99. The Morgan fingerprint density at radius 3 is 2.02 bits per heavy atom. The smallest absolute Gasteiger partial charge is 0.416 e. The van der Waals surface area contributed by atoms with Gasteiger partial charge in [0.25, 0.3) is 5.91 Å². The number of amides is 1. The second kappa shape index (κ2) is 15.5. The van der Waals surface area contributed by atoms with Crippen molar-refractivity contribution >= 4 is 23.5 Å². The predicted octanol–water partition coefficient (Wildman–Crippen LogP) is 5.51. The molecule has 2 fully saturated rings. The average molecular weight is 688 g/mol. The predicted molar refractivity (Wildman–Crippen MR) is 166 cm³/mol. The van der Waals surface area contributed by atoms with E-state index in [1.54, 1.807) is 24.3 Å². The number of benzene rings is 2. The molecule has 3 aromatic rings. The third-order valence-corrected chi connectivity index (χ3v) is 7.87. The van der Waals surface area contributed by atoms with Crippen molar-refractivity contribution in [3.63, 3.8) is 0 Å². The number of aromatic nitrogens is 2. The Morgan fingerprint density at radius 1 is 0.915 bits per heavy atom. The average Bonchev–Trinajstić information content (AvgIpc) is 3.02. The number of hydrogen-bond donors (Lipinski definition) is 1. The number of nitrogens with one attached hydrogen (secondary N) is 1. The molecule has 9 nitrogen and oxygen atoms in total. The number of likely N-dealkylation sites (N-methyl/N-ethyl adjacent to an activating group) is 2. The first kappa shape index (κ1) is 36.2. The Hall–Kier alpha value is -3.66. The molecule has 1 amide bonds. The van der Waals surface area contributed by atoms with Crippen molar-refractivity contribution in [1.29, 1.82) is 0 Å². The number of ether oxygens (including phenoxy) is 1. The molecule has 2 aliphatic rings. The number of alkyl halides is 6. The van der Waals surface area contributed by atoms with E-state index in [2.05, 4.69) is 32.1 Å². The number of nitrogens with zero attached hydrogens (tertiary/aromatic N) is 6. The number of para-hydroxylation sites is 1. The molecule has 2 saturated heterocycles. The van der Waals surface area contributed by atoms with E-state index >= 15 is 0 Å². The summed E-state index contributed by atoms with van der Waals surface area (Å²) in [6, 6.07) is 7.64. The highest BCUT2D eigenvalue weighted by Crippen LogP contribution is 2.37. The van der Waals surface area contributed by atoms with Crippen molar-refractivity contribution in [2.24, 2.45) is 0 Å². The molecular weight excluding hydrogens is 652 g/mol. The second-order valence-corrected chi connectivity index (χ2v) is 11.7. The molecule has 1 N–H and O–H groups in total. The van der Waals surface area contributed by atoms with E-state index in [1.165, 1.54) is 26.3 Å². The SMILES string of the molecule is CN1CCN(c2ncc(C(=O)N(C)Cc3cc(C(F)(F)F)cc(C(F)(F)F)c3)c(Oc3ccccc3Cl)n2)CC1.CN1CCNCC1. The molecule has 2 aromatic carbocycles. The zero-order chi connectivity index (χ0) is 34.4. The maximum Gasteiger partial charge on any atom is 0.416 e. The van der Waals surface area contributed by atoms with Gasteiger partial charge in [0.05, 0.1) is 16.1 Å². The number of carbonyl (C=O) groups is 1. The minimum absolute atomic E-state index is 0.0335. The lowest BCUT2D eigenvalue weighted by molar-refractivity contribution is -0.143. The van der Waals surface area contributed by atoms with E-state index in [1.807, 2.05) is 11.9 Å². The van der Waals surface area contributed by atoms with Gasteiger partial charge in [-0.05, 0) is 50.0 Å². The summed E-state index contributed by atoms with van der Waals surface area (Å²) in [6.45, 7) is 6.93. The second-order valence-electron chi connectivity index (χ2n) is 11.3. The fourth-order valence-electron chi connectivity index (χ4n) is 4.81. The van der Waals surface area contributed by atoms with Gasteiger partial charge in [0.15, 0.2) is 0 Å². The Balaban J connectivity index is 0.000000632. The molecule has 1 aromatic heterocycles. The van der Waals surface area contributed by atoms with Gasteiger partial charge >= 0.3 is 12.4 Å². The van der Waals surface area contributed by atoms with Gasteiger partial charge in [-0.15, -0.1) is 0 Å². The van der Waals surface area contributed by atoms with Crippen molar-refractivity contribution in [3.05, 3.63) is 75.9 Å². The zero-order valence-electron chi connectivity index (χ0n) is 26.1. The highest BCUT2D eigenvalue weighted by Gasteiger charge is 2.37. The van der Waals surface area contributed by atoms with Crippen LogP contribution in [0.15, 0.2) is 48.7 Å². The topological polar surface area (TPSA) is 77.1 Å². The third kappa shape index (κ3) is 10.2. The first-order valence-corrected chi connectivity index (χ1v) is 15.2. The molecule has 47 heavy (non-hydrogen) atoms. The summed E-state index contributed by atoms with van der Waals surface area (Å²) in [5.41, 5.74) is -3.45. The molecule has 0 unspecified atom stereocenters. The van der Waals surface area contributed by atoms with Crippen molar-refractivity contribution in [2.45, 2.75) is 18.9 Å². The number of piperazine rings is 2. The molecule has 256 valence electrons. The first-order valence-electron chi connectivity index (χ1n) is 14.8. The van der Waals surface area contributed by atoms with Gasteiger partial charge < -0.3 is 29.7 Å². The third-order valence-electron chi connectivity index (χ3n) is 7.56. The van der Waals surface area contributed by atoms with Crippen molar-refractivity contribution in [2.75, 3.05) is 78.4 Å². The van der Waals surface area contributed by atoms with Crippen molar-refractivity contribution in [1.82, 2.24) is 30.0 Å². The van der Waals surface area contributed by atoms with Crippen molar-refractivity contribution in [3.8, 4) is 11.6 Å². The van der Waals surface area contributed by atoms with E-state index in [9.17, 15) is 31.1 Å². The minimum Gasteiger partial charge on any atom is -0.436 e. The Bertz CT molecular complexity index is 1480. The largest absolute Gasteiger partial charge is 0.436 e. The van der Waals surface area contributed by atoms with Crippen LogP contribution in [0.1, 0.15) is 27.0 Å². The molecule has 0 atom stereocenters. The van der Waals surface area contributed by atoms with Gasteiger partial charge in [-0.25, -0.2) is 4.98 Å². The lowest BCUT2D eigenvalue weighted by Gasteiger charge is -2.32. The van der Waals surface area contributed by atoms with E-state index in [0.717, 1.165) is 31.1 Å². The van der Waals surface area contributed by atoms with Crippen LogP contribution in [0.25, 0.3) is 0 Å². The van der Waals surface area contributed by atoms with E-state index < -0.39 is 35.9 Å². The highest BCUT2D eigenvalue weighted by atomic mass is 35.5. The van der Waals surface area contributed by atoms with Crippen LogP contribution >= 0.6 is 11.6 Å². The zero-order valence-corrected chi connectivity index (χ0v) is 26.9. The number of hydrogen-bond acceptors (Lipinski definition) is 8. The molecule has 3 heterocycles. The van der Waals surface area contributed by atoms with Crippen LogP contribution in [0.5, 0.6) is 11.6 Å². The molecule has 5 rings (SSSR count). The number of anilines is 1. The summed E-state index contributed by atoms with van der Waals surface area (Å²) < 4.78 is 85.7. The lowest BCUT2D eigenvalue weighted by Crippen LogP contribution is -2.45. The van der Waals surface area contributed by atoms with Crippen LogP contribution in [0.3, 0.4) is 0 Å². The van der Waals surface area contributed by atoms with Gasteiger partial charge in [0.2, 0.25) is 11.8 Å². The summed E-state index contributed by atoms with van der Waals surface area (Å²) in [5, 5.41) is 3.51. The number of rotatable bonds is 6. The molecule has 16 heteroatoms. The molecule has 2 aliphatic heterocycles. The molecule has 0 aliphatic carbocycles. The molecule has 0 saturated carbocycles. The van der Waals surface area contributed by atoms with Gasteiger partial charge in [0, 0.05) is 72.1 Å². The lowest BCUT2D eigenvalue weighted by atomic mass is 10.0. The highest BCUT2D eigenvalue weighted by molar-refractivity contribution is 6.32. The van der Waals surface area contributed by atoms with Crippen LogP contribution in [-0.2, 0) is 18.9 Å². The summed E-state index contributed by atoms with van der Waals surface area (Å²) in [7, 11) is 5.37. The quantitative estimate of drug-likeness (QED) is 0.341. The minimum atomic E-state index is -5.01. The number of halogens is 7. The maximum absolute atomic E-state index is 13.4. The molecule has 0 spiro atoms. The fraction of sp³-hybridized carbons (Fsp3) is 0.452. The van der Waals surface area contributed by atoms with Crippen LogP contribution in [0, 0.1) is 0 Å². The summed E-state index contributed by atoms with van der Waals surface area (Å²) in [6.07, 6.45) is -8.80. The van der Waals surface area contributed by atoms with E-state index in [0.29, 0.717) is 31.2 Å². The number of carbonyl (C=O) groups excluding carboxylic acids is 1. The van der Waals surface area contributed by atoms with Gasteiger partial charge in [0.1, 0.15) is 11.3 Å². The monoisotopic (exact) mass is 687 g/mol. The summed E-state index contributed by atoms with van der Waals surface area (Å²) in [4.78, 5) is 29.5. The Labute approximate surface area is 274 Å². The van der Waals surface area contributed by atoms with E-state index in [4.69, 9.17) is 16.3 Å². The van der Waals surface area contributed by atoms with Crippen LogP contribution < -0.4 is 15.0 Å². The molecule has 0 bridgehead atoms. The molecule has 0 radical (unpaired) electrons. The van der Waals surface area contributed by atoms with Gasteiger partial charge in [-0.3, -0.25) is 4.79 Å². The summed E-state index contributed by atoms with van der Waals surface area (Å²) >= 11 is 6.22. The standard InChI is InChI=1S/C26H24ClF6N5O2.C5H12N2/c1-36-7-9-38(10-8-36)24-34-14-19(22(35-24)40-21-6-4-3-5-20(21)27)23(39)37(2)15-16-11-17(25(28,29)30)13-18(12-16)26(31,32)33;1-7-4-2-6-3-5-7/h3-6,11-14H,7-10,15H2,1-2H3;6H,2-5H2,1H3. The Kier molecular flexibility index (Phi) is 11.9. The maximum atomic E-state index is 13.4. The van der Waals surface area contributed by atoms with Crippen molar-refractivity contribution < 1.29 is 35.9 Å². The Morgan fingerprint density at radius 2 is 1.49 bits per heavy atom.